The van der Waals surface area contributed by atoms with Crippen LogP contribution in [-0.4, -0.2) is 54.4 Å². The Bertz CT molecular complexity index is 1150. The minimum atomic E-state index is -0.497. The third-order valence-corrected chi connectivity index (χ3v) is 6.24. The Morgan fingerprint density at radius 3 is 2.42 bits per heavy atom. The number of hydrogen-bond acceptors (Lipinski definition) is 6. The Kier molecular flexibility index (Phi) is 7.77. The fourth-order valence-corrected chi connectivity index (χ4v) is 4.44. The molecule has 0 N–H and O–H groups in total. The lowest BCUT2D eigenvalue weighted by molar-refractivity contribution is 0.0126. The van der Waals surface area contributed by atoms with E-state index in [1.165, 1.54) is 5.56 Å². The Morgan fingerprint density at radius 2 is 1.75 bits per heavy atom. The van der Waals surface area contributed by atoms with Gasteiger partial charge in [-0.2, -0.15) is 0 Å². The van der Waals surface area contributed by atoms with Crippen molar-refractivity contribution in [1.82, 2.24) is 4.90 Å². The third kappa shape index (κ3) is 6.53. The molecule has 0 bridgehead atoms. The number of amides is 1. The smallest absolute Gasteiger partial charge is 0.410 e. The number of ether oxygens (including phenoxy) is 2. The molecular weight excluding hydrogens is 456 g/mol. The van der Waals surface area contributed by atoms with E-state index in [1.54, 1.807) is 30.2 Å². The van der Waals surface area contributed by atoms with Crippen LogP contribution in [0.15, 0.2) is 53.7 Å². The first-order valence-electron chi connectivity index (χ1n) is 12.4. The van der Waals surface area contributed by atoms with Crippen LogP contribution in [-0.2, 0) is 16.0 Å². The van der Waals surface area contributed by atoms with E-state index in [-0.39, 0.29) is 18.0 Å². The summed E-state index contributed by atoms with van der Waals surface area (Å²) >= 11 is 0. The van der Waals surface area contributed by atoms with Crippen LogP contribution < -0.4 is 4.74 Å². The molecule has 0 aromatic heterocycles. The zero-order valence-corrected chi connectivity index (χ0v) is 21.5. The molecule has 190 valence electrons. The maximum Gasteiger partial charge on any atom is 0.410 e. The lowest BCUT2D eigenvalue weighted by Crippen LogP contribution is -2.44. The molecule has 4 rings (SSSR count). The van der Waals surface area contributed by atoms with Crippen molar-refractivity contribution < 1.29 is 23.9 Å². The Hall–Kier alpha value is -3.61. The van der Waals surface area contributed by atoms with Gasteiger partial charge in [-0.1, -0.05) is 29.4 Å². The van der Waals surface area contributed by atoms with Gasteiger partial charge in [-0.15, -0.1) is 0 Å². The van der Waals surface area contributed by atoms with E-state index >= 15 is 0 Å². The second kappa shape index (κ2) is 11.0. The fraction of sp³-hybridized carbons (Fsp3) is 0.414. The number of allylic oxidation sites excluding steroid dienone is 1. The second-order valence-corrected chi connectivity index (χ2v) is 10.1. The van der Waals surface area contributed by atoms with E-state index in [2.05, 4.69) is 11.2 Å². The predicted octanol–water partition coefficient (Wildman–Crippen LogP) is 5.66. The van der Waals surface area contributed by atoms with Crippen LogP contribution in [0.2, 0.25) is 0 Å². The second-order valence-electron chi connectivity index (χ2n) is 10.1. The van der Waals surface area contributed by atoms with E-state index in [0.29, 0.717) is 18.7 Å². The number of piperidine rings is 1. The Morgan fingerprint density at radius 1 is 1.03 bits per heavy atom. The quantitative estimate of drug-likeness (QED) is 0.297. The Balaban J connectivity index is 1.28. The first-order chi connectivity index (χ1) is 17.2. The van der Waals surface area contributed by atoms with Gasteiger partial charge >= 0.3 is 6.09 Å². The van der Waals surface area contributed by atoms with Gasteiger partial charge in [0.1, 0.15) is 24.6 Å². The summed E-state index contributed by atoms with van der Waals surface area (Å²) in [5.41, 5.74) is 4.40. The molecule has 0 spiro atoms. The van der Waals surface area contributed by atoms with Crippen molar-refractivity contribution in [2.45, 2.75) is 58.2 Å². The van der Waals surface area contributed by atoms with E-state index in [9.17, 15) is 9.59 Å². The summed E-state index contributed by atoms with van der Waals surface area (Å²) in [6, 6.07) is 13.4. The molecule has 36 heavy (non-hydrogen) atoms. The average molecular weight is 491 g/mol. The molecule has 2 aromatic carbocycles. The Labute approximate surface area is 212 Å². The number of aryl methyl sites for hydroxylation is 1. The summed E-state index contributed by atoms with van der Waals surface area (Å²) in [6.07, 6.45) is 6.46. The minimum Gasteiger partial charge on any atom is -0.490 e. The number of oxime groups is 1. The lowest BCUT2D eigenvalue weighted by atomic mass is 10.0. The summed E-state index contributed by atoms with van der Waals surface area (Å²) in [4.78, 5) is 31.6. The maximum atomic E-state index is 12.7. The maximum absolute atomic E-state index is 12.7. The van der Waals surface area contributed by atoms with Gasteiger partial charge in [-0.25, -0.2) is 4.79 Å². The number of carbonyl (C=O) groups excluding carboxylic acids is 2. The van der Waals surface area contributed by atoms with Gasteiger partial charge in [-0.05, 0) is 75.1 Å². The van der Waals surface area contributed by atoms with Crippen molar-refractivity contribution in [1.29, 1.82) is 0 Å². The number of fused-ring (bicyclic) bond motifs is 1. The first kappa shape index (κ1) is 25.5. The highest BCUT2D eigenvalue weighted by Crippen LogP contribution is 2.25. The minimum absolute atomic E-state index is 0.0272. The van der Waals surface area contributed by atoms with Crippen molar-refractivity contribution >= 4 is 23.7 Å². The molecule has 7 nitrogen and oxygen atoms in total. The molecule has 1 aliphatic heterocycles. The van der Waals surface area contributed by atoms with E-state index < -0.39 is 5.60 Å². The highest BCUT2D eigenvalue weighted by atomic mass is 16.6. The van der Waals surface area contributed by atoms with Gasteiger partial charge in [0, 0.05) is 37.1 Å². The number of benzene rings is 2. The normalized spacial score (nSPS) is 17.3. The highest BCUT2D eigenvalue weighted by molar-refractivity contribution is 6.07. The third-order valence-electron chi connectivity index (χ3n) is 6.24. The van der Waals surface area contributed by atoms with Crippen molar-refractivity contribution in [3.05, 3.63) is 70.8 Å². The van der Waals surface area contributed by atoms with Gasteiger partial charge in [0.05, 0.1) is 5.71 Å². The standard InChI is InChI=1S/C29H34N2O5/c1-29(2,3)36-28(33)31-17-15-24(16-18-31)35-23-10-7-21(8-11-23)27(32)14-6-20-5-12-25-22(19-20)9-13-26(25)30-34-4/h5-8,10-12,14,19,24H,9,13,15-18H2,1-4H3/b14-6+,30-26?. The van der Waals surface area contributed by atoms with Crippen LogP contribution in [0.1, 0.15) is 67.1 Å². The van der Waals surface area contributed by atoms with Gasteiger partial charge in [0.25, 0.3) is 0 Å². The zero-order valence-electron chi connectivity index (χ0n) is 21.5. The summed E-state index contributed by atoms with van der Waals surface area (Å²) in [5.74, 6) is 0.660. The highest BCUT2D eigenvalue weighted by Gasteiger charge is 2.27. The number of carbonyl (C=O) groups is 2. The summed E-state index contributed by atoms with van der Waals surface area (Å²) in [5, 5.41) is 4.09. The van der Waals surface area contributed by atoms with Crippen LogP contribution in [0.25, 0.3) is 6.08 Å². The molecule has 1 saturated heterocycles. The molecule has 1 amide bonds. The molecule has 0 radical (unpaired) electrons. The molecule has 1 aliphatic carbocycles. The molecule has 0 saturated carbocycles. The van der Waals surface area contributed by atoms with Gasteiger partial charge in [0.2, 0.25) is 0 Å². The molecule has 7 heteroatoms. The molecule has 0 atom stereocenters. The van der Waals surface area contributed by atoms with Gasteiger partial charge in [-0.3, -0.25) is 4.79 Å². The fourth-order valence-electron chi connectivity index (χ4n) is 4.44. The molecule has 1 fully saturated rings. The average Bonchev–Trinajstić information content (AvgIpc) is 3.24. The van der Waals surface area contributed by atoms with Crippen LogP contribution in [0.5, 0.6) is 5.75 Å². The van der Waals surface area contributed by atoms with Gasteiger partial charge < -0.3 is 19.2 Å². The SMILES string of the molecule is CON=C1CCc2cc(/C=C/C(=O)c3ccc(OC4CCN(C(=O)OC(C)(C)C)CC4)cc3)ccc21. The van der Waals surface area contributed by atoms with Crippen molar-refractivity contribution in [2.24, 2.45) is 5.16 Å². The van der Waals surface area contributed by atoms with E-state index in [1.807, 2.05) is 51.1 Å². The van der Waals surface area contributed by atoms with Crippen molar-refractivity contribution in [3.63, 3.8) is 0 Å². The first-order valence-corrected chi connectivity index (χ1v) is 12.4. The van der Waals surface area contributed by atoms with Crippen LogP contribution >= 0.6 is 0 Å². The monoisotopic (exact) mass is 490 g/mol. The summed E-state index contributed by atoms with van der Waals surface area (Å²) in [6.45, 7) is 6.81. The van der Waals surface area contributed by atoms with E-state index in [0.717, 1.165) is 48.3 Å². The molecule has 2 aliphatic rings. The summed E-state index contributed by atoms with van der Waals surface area (Å²) < 4.78 is 11.5. The molecule has 2 aromatic rings. The summed E-state index contributed by atoms with van der Waals surface area (Å²) in [7, 11) is 1.56. The molecular formula is C29H34N2O5. The van der Waals surface area contributed by atoms with Crippen LogP contribution in [0.3, 0.4) is 0 Å². The van der Waals surface area contributed by atoms with Crippen LogP contribution in [0, 0.1) is 0 Å². The molecule has 1 heterocycles. The lowest BCUT2D eigenvalue weighted by Gasteiger charge is -2.33. The zero-order chi connectivity index (χ0) is 25.7. The van der Waals surface area contributed by atoms with Crippen molar-refractivity contribution in [2.75, 3.05) is 20.2 Å². The van der Waals surface area contributed by atoms with Crippen LogP contribution in [0.4, 0.5) is 4.79 Å². The topological polar surface area (TPSA) is 77.4 Å². The van der Waals surface area contributed by atoms with E-state index in [4.69, 9.17) is 14.3 Å². The molecule has 0 unspecified atom stereocenters. The number of likely N-dealkylation sites (tertiary alicyclic amines) is 1. The van der Waals surface area contributed by atoms with Gasteiger partial charge in [0.15, 0.2) is 5.78 Å². The largest absolute Gasteiger partial charge is 0.490 e. The predicted molar refractivity (Wildman–Crippen MR) is 140 cm³/mol. The van der Waals surface area contributed by atoms with Crippen molar-refractivity contribution in [3.8, 4) is 5.75 Å². The number of nitrogens with zero attached hydrogens (tertiary/aromatic N) is 2. The number of ketones is 1. The number of rotatable bonds is 6. The number of hydrogen-bond donors (Lipinski definition) is 0.